The largest absolute Gasteiger partial charge is 0.409 e. The van der Waals surface area contributed by atoms with Gasteiger partial charge in [-0.1, -0.05) is 5.16 Å². The molecule has 0 radical (unpaired) electrons. The highest BCUT2D eigenvalue weighted by Crippen LogP contribution is 2.21. The van der Waals surface area contributed by atoms with Gasteiger partial charge in [0.25, 0.3) is 0 Å². The van der Waals surface area contributed by atoms with E-state index in [1.54, 1.807) is 6.07 Å². The Morgan fingerprint density at radius 3 is 2.57 bits per heavy atom. The minimum atomic E-state index is -4.13. The molecule has 0 saturated carbocycles. The van der Waals surface area contributed by atoms with E-state index in [1.807, 2.05) is 0 Å². The number of hydrogen-bond donors (Lipinski definition) is 3. The minimum Gasteiger partial charge on any atom is -0.409 e. The van der Waals surface area contributed by atoms with Crippen LogP contribution in [0.3, 0.4) is 0 Å². The van der Waals surface area contributed by atoms with Gasteiger partial charge in [-0.05, 0) is 43.1 Å². The smallest absolute Gasteiger partial charge is 0.389 e. The van der Waals surface area contributed by atoms with Crippen molar-refractivity contribution >= 4 is 5.84 Å². The van der Waals surface area contributed by atoms with Gasteiger partial charge in [0.05, 0.1) is 0 Å². The average molecular weight is 307 g/mol. The molecule has 0 saturated heterocycles. The van der Waals surface area contributed by atoms with Crippen LogP contribution in [0.25, 0.3) is 0 Å². The van der Waals surface area contributed by atoms with Crippen LogP contribution in [0.2, 0.25) is 0 Å². The highest BCUT2D eigenvalue weighted by molar-refractivity contribution is 5.97. The van der Waals surface area contributed by atoms with E-state index in [-0.39, 0.29) is 24.4 Å². The summed E-state index contributed by atoms with van der Waals surface area (Å²) < 4.78 is 49.1. The van der Waals surface area contributed by atoms with Crippen LogP contribution >= 0.6 is 0 Å². The SMILES string of the molecule is N/C(=N/O)c1cc(F)cc(CNCCCCC(F)(F)F)c1. The molecule has 0 amide bonds. The zero-order valence-corrected chi connectivity index (χ0v) is 11.3. The molecule has 21 heavy (non-hydrogen) atoms. The highest BCUT2D eigenvalue weighted by atomic mass is 19.4. The number of nitrogens with one attached hydrogen (secondary N) is 1. The van der Waals surface area contributed by atoms with Crippen molar-refractivity contribution in [3.05, 3.63) is 35.1 Å². The van der Waals surface area contributed by atoms with Crippen LogP contribution in [0.5, 0.6) is 0 Å². The summed E-state index contributed by atoms with van der Waals surface area (Å²) in [7, 11) is 0. The van der Waals surface area contributed by atoms with Gasteiger partial charge >= 0.3 is 6.18 Å². The second kappa shape index (κ2) is 7.82. The van der Waals surface area contributed by atoms with Gasteiger partial charge in [0, 0.05) is 18.5 Å². The lowest BCUT2D eigenvalue weighted by Crippen LogP contribution is -2.18. The van der Waals surface area contributed by atoms with E-state index in [0.717, 1.165) is 6.07 Å². The number of oxime groups is 1. The first kappa shape index (κ1) is 17.2. The number of nitrogens with two attached hydrogens (primary N) is 1. The van der Waals surface area contributed by atoms with Crippen LogP contribution in [0.1, 0.15) is 30.4 Å². The summed E-state index contributed by atoms with van der Waals surface area (Å²) in [6.45, 7) is 0.682. The lowest BCUT2D eigenvalue weighted by molar-refractivity contribution is -0.135. The molecule has 0 heterocycles. The van der Waals surface area contributed by atoms with Gasteiger partial charge in [-0.3, -0.25) is 0 Å². The molecular weight excluding hydrogens is 290 g/mol. The van der Waals surface area contributed by atoms with E-state index in [4.69, 9.17) is 10.9 Å². The van der Waals surface area contributed by atoms with Crippen LogP contribution < -0.4 is 11.1 Å². The van der Waals surface area contributed by atoms with E-state index in [0.29, 0.717) is 18.5 Å². The molecule has 0 fully saturated rings. The van der Waals surface area contributed by atoms with Gasteiger partial charge < -0.3 is 16.3 Å². The fourth-order valence-corrected chi connectivity index (χ4v) is 1.77. The summed E-state index contributed by atoms with van der Waals surface area (Å²) in [5, 5.41) is 14.2. The minimum absolute atomic E-state index is 0.0506. The van der Waals surface area contributed by atoms with Crippen molar-refractivity contribution in [2.24, 2.45) is 10.9 Å². The first-order valence-corrected chi connectivity index (χ1v) is 6.36. The number of unbranched alkanes of at least 4 members (excludes halogenated alkanes) is 1. The Bertz CT molecular complexity index is 489. The molecule has 4 N–H and O–H groups in total. The molecule has 118 valence electrons. The molecule has 1 rings (SSSR count). The fraction of sp³-hybridized carbons (Fsp3) is 0.462. The standard InChI is InChI=1S/C13H17F4N3O/c14-11-6-9(5-10(7-11)12(18)20-21)8-19-4-2-1-3-13(15,16)17/h5-7,19,21H,1-4,8H2,(H2,18,20). The third-order valence-corrected chi connectivity index (χ3v) is 2.75. The van der Waals surface area contributed by atoms with E-state index in [9.17, 15) is 17.6 Å². The van der Waals surface area contributed by atoms with Crippen molar-refractivity contribution in [2.75, 3.05) is 6.54 Å². The maximum absolute atomic E-state index is 13.3. The zero-order valence-electron chi connectivity index (χ0n) is 11.3. The topological polar surface area (TPSA) is 70.6 Å². The van der Waals surface area contributed by atoms with Crippen LogP contribution in [-0.4, -0.2) is 23.8 Å². The lowest BCUT2D eigenvalue weighted by Gasteiger charge is -2.08. The lowest BCUT2D eigenvalue weighted by atomic mass is 10.1. The molecular formula is C13H17F4N3O. The van der Waals surface area contributed by atoms with Crippen molar-refractivity contribution in [2.45, 2.75) is 32.0 Å². The number of amidine groups is 1. The number of rotatable bonds is 7. The molecule has 0 atom stereocenters. The molecule has 0 unspecified atom stereocenters. The normalized spacial score (nSPS) is 12.7. The summed E-state index contributed by atoms with van der Waals surface area (Å²) in [6.07, 6.45) is -4.50. The molecule has 8 heteroatoms. The van der Waals surface area contributed by atoms with Crippen LogP contribution in [0.15, 0.2) is 23.4 Å². The Labute approximate surface area is 119 Å². The molecule has 0 spiro atoms. The van der Waals surface area contributed by atoms with Gasteiger partial charge in [0.15, 0.2) is 5.84 Å². The second-order valence-electron chi connectivity index (χ2n) is 4.58. The van der Waals surface area contributed by atoms with Gasteiger partial charge in [-0.15, -0.1) is 0 Å². The Morgan fingerprint density at radius 1 is 1.24 bits per heavy atom. The molecule has 1 aromatic rings. The van der Waals surface area contributed by atoms with Crippen LogP contribution in [0, 0.1) is 5.82 Å². The number of benzene rings is 1. The summed E-state index contributed by atoms with van der Waals surface area (Å²) in [5.74, 6) is -0.742. The third-order valence-electron chi connectivity index (χ3n) is 2.75. The van der Waals surface area contributed by atoms with Gasteiger partial charge in [0.1, 0.15) is 5.82 Å². The van der Waals surface area contributed by atoms with Crippen molar-refractivity contribution < 1.29 is 22.8 Å². The van der Waals surface area contributed by atoms with E-state index in [2.05, 4.69) is 10.5 Å². The second-order valence-corrected chi connectivity index (χ2v) is 4.58. The number of alkyl halides is 3. The van der Waals surface area contributed by atoms with Crippen molar-refractivity contribution in [1.29, 1.82) is 0 Å². The zero-order chi connectivity index (χ0) is 15.9. The first-order valence-electron chi connectivity index (χ1n) is 6.36. The predicted octanol–water partition coefficient (Wildman–Crippen LogP) is 2.74. The van der Waals surface area contributed by atoms with E-state index >= 15 is 0 Å². The molecule has 0 aliphatic carbocycles. The fourth-order valence-electron chi connectivity index (χ4n) is 1.77. The summed E-state index contributed by atoms with van der Waals surface area (Å²) in [6, 6.07) is 3.94. The molecule has 1 aromatic carbocycles. The first-order chi connectivity index (χ1) is 9.81. The molecule has 0 aliphatic rings. The quantitative estimate of drug-likeness (QED) is 0.181. The van der Waals surface area contributed by atoms with Gasteiger partial charge in [-0.2, -0.15) is 13.2 Å². The monoisotopic (exact) mass is 307 g/mol. The number of halogens is 4. The van der Waals surface area contributed by atoms with Crippen LogP contribution in [0.4, 0.5) is 17.6 Å². The van der Waals surface area contributed by atoms with Crippen molar-refractivity contribution in [3.8, 4) is 0 Å². The van der Waals surface area contributed by atoms with Gasteiger partial charge in [0.2, 0.25) is 0 Å². The number of nitrogens with zero attached hydrogens (tertiary/aromatic N) is 1. The highest BCUT2D eigenvalue weighted by Gasteiger charge is 2.25. The Hall–Kier alpha value is -1.83. The summed E-state index contributed by atoms with van der Waals surface area (Å²) in [5.41, 5.74) is 6.18. The average Bonchev–Trinajstić information content (AvgIpc) is 2.40. The predicted molar refractivity (Wildman–Crippen MR) is 70.5 cm³/mol. The van der Waals surface area contributed by atoms with Crippen molar-refractivity contribution in [1.82, 2.24) is 5.32 Å². The van der Waals surface area contributed by atoms with Crippen molar-refractivity contribution in [3.63, 3.8) is 0 Å². The van der Waals surface area contributed by atoms with Crippen LogP contribution in [-0.2, 0) is 6.54 Å². The number of hydrogen-bond acceptors (Lipinski definition) is 3. The Balaban J connectivity index is 2.40. The van der Waals surface area contributed by atoms with E-state index in [1.165, 1.54) is 6.07 Å². The maximum Gasteiger partial charge on any atom is 0.389 e. The molecule has 0 aromatic heterocycles. The third kappa shape index (κ3) is 6.94. The Kier molecular flexibility index (Phi) is 6.41. The summed E-state index contributed by atoms with van der Waals surface area (Å²) in [4.78, 5) is 0. The van der Waals surface area contributed by atoms with Gasteiger partial charge in [-0.25, -0.2) is 4.39 Å². The molecule has 4 nitrogen and oxygen atoms in total. The maximum atomic E-state index is 13.3. The Morgan fingerprint density at radius 2 is 1.95 bits per heavy atom. The molecule has 0 bridgehead atoms. The molecule has 0 aliphatic heterocycles. The summed E-state index contributed by atoms with van der Waals surface area (Å²) >= 11 is 0. The van der Waals surface area contributed by atoms with E-state index < -0.39 is 18.4 Å².